The van der Waals surface area contributed by atoms with Gasteiger partial charge in [-0.3, -0.25) is 0 Å². The van der Waals surface area contributed by atoms with Gasteiger partial charge in [0.05, 0.1) is 12.7 Å². The first-order valence-corrected chi connectivity index (χ1v) is 10.3. The largest absolute Gasteiger partial charge is 0.493 e. The average molecular weight is 446 g/mol. The molecule has 150 valence electrons. The molecular weight excluding hydrogens is 425 g/mol. The Morgan fingerprint density at radius 2 is 1.62 bits per heavy atom. The van der Waals surface area contributed by atoms with Gasteiger partial charge in [0.2, 0.25) is 0 Å². The lowest BCUT2D eigenvalue weighted by Crippen LogP contribution is -2.25. The van der Waals surface area contributed by atoms with Crippen LogP contribution in [0.15, 0.2) is 66.7 Å². The minimum absolute atomic E-state index is 0.207. The molecule has 1 N–H and O–H groups in total. The third-order valence-electron chi connectivity index (χ3n) is 4.41. The van der Waals surface area contributed by atoms with E-state index in [0.29, 0.717) is 26.5 Å². The number of halogens is 2. The maximum atomic E-state index is 6.26. The van der Waals surface area contributed by atoms with Crippen molar-refractivity contribution in [3.63, 3.8) is 0 Å². The second-order valence-corrected chi connectivity index (χ2v) is 7.54. The molecule has 0 atom stereocenters. The summed E-state index contributed by atoms with van der Waals surface area (Å²) in [4.78, 5) is 0.597. The molecule has 0 aliphatic rings. The molecule has 0 fully saturated rings. The standard InChI is InChI=1S/C23H21Cl2NO2S/c1-27-21-12-5-9-17(23(29)26-14-13-16-7-3-2-4-8-16)22(21)28-15-18-19(24)10-6-11-20(18)25/h2-12H,13-15H2,1H3,(H,26,29). The molecule has 0 amide bonds. The van der Waals surface area contributed by atoms with E-state index in [9.17, 15) is 0 Å². The van der Waals surface area contributed by atoms with Crippen molar-refractivity contribution < 1.29 is 9.47 Å². The zero-order chi connectivity index (χ0) is 20.6. The van der Waals surface area contributed by atoms with Crippen molar-refractivity contribution in [2.75, 3.05) is 13.7 Å². The lowest BCUT2D eigenvalue weighted by molar-refractivity contribution is 0.284. The van der Waals surface area contributed by atoms with Crippen LogP contribution in [0, 0.1) is 0 Å². The van der Waals surface area contributed by atoms with Crippen LogP contribution >= 0.6 is 35.4 Å². The Kier molecular flexibility index (Phi) is 7.76. The molecule has 0 aliphatic carbocycles. The number of hydrogen-bond acceptors (Lipinski definition) is 3. The molecule has 0 spiro atoms. The van der Waals surface area contributed by atoms with E-state index in [1.54, 1.807) is 25.3 Å². The number of benzene rings is 3. The molecule has 29 heavy (non-hydrogen) atoms. The summed E-state index contributed by atoms with van der Waals surface area (Å²) < 4.78 is 11.6. The van der Waals surface area contributed by atoms with Crippen molar-refractivity contribution in [1.29, 1.82) is 0 Å². The van der Waals surface area contributed by atoms with E-state index >= 15 is 0 Å². The van der Waals surface area contributed by atoms with Gasteiger partial charge in [-0.25, -0.2) is 0 Å². The van der Waals surface area contributed by atoms with Crippen LogP contribution in [0.4, 0.5) is 0 Å². The fraction of sp³-hybridized carbons (Fsp3) is 0.174. The lowest BCUT2D eigenvalue weighted by atomic mass is 10.1. The monoisotopic (exact) mass is 445 g/mol. The zero-order valence-electron chi connectivity index (χ0n) is 16.0. The molecule has 0 radical (unpaired) electrons. The Labute approximate surface area is 186 Å². The Morgan fingerprint density at radius 3 is 2.31 bits per heavy atom. The Balaban J connectivity index is 1.74. The molecule has 0 saturated heterocycles. The highest BCUT2D eigenvalue weighted by Crippen LogP contribution is 2.33. The van der Waals surface area contributed by atoms with Crippen LogP contribution in [-0.4, -0.2) is 18.6 Å². The highest BCUT2D eigenvalue weighted by molar-refractivity contribution is 7.80. The summed E-state index contributed by atoms with van der Waals surface area (Å²) in [5, 5.41) is 4.41. The van der Waals surface area contributed by atoms with Gasteiger partial charge in [0.15, 0.2) is 11.5 Å². The van der Waals surface area contributed by atoms with E-state index in [0.717, 1.165) is 24.1 Å². The van der Waals surface area contributed by atoms with Gasteiger partial charge in [-0.05, 0) is 36.2 Å². The van der Waals surface area contributed by atoms with Crippen LogP contribution in [0.2, 0.25) is 10.0 Å². The molecule has 3 rings (SSSR count). The van der Waals surface area contributed by atoms with Gasteiger partial charge >= 0.3 is 0 Å². The van der Waals surface area contributed by atoms with Gasteiger partial charge < -0.3 is 14.8 Å². The minimum Gasteiger partial charge on any atom is -0.493 e. The fourth-order valence-electron chi connectivity index (χ4n) is 2.88. The predicted molar refractivity (Wildman–Crippen MR) is 124 cm³/mol. The molecule has 0 aromatic heterocycles. The van der Waals surface area contributed by atoms with Crippen LogP contribution in [0.25, 0.3) is 0 Å². The fourth-order valence-corrected chi connectivity index (χ4v) is 3.65. The molecule has 0 bridgehead atoms. The quantitative estimate of drug-likeness (QED) is 0.425. The van der Waals surface area contributed by atoms with Crippen LogP contribution in [0.1, 0.15) is 16.7 Å². The molecule has 3 aromatic carbocycles. The number of thiocarbonyl (C=S) groups is 1. The lowest BCUT2D eigenvalue weighted by Gasteiger charge is -2.17. The molecular formula is C23H21Cl2NO2S. The molecule has 6 heteroatoms. The van der Waals surface area contributed by atoms with Crippen molar-refractivity contribution in [3.8, 4) is 11.5 Å². The van der Waals surface area contributed by atoms with Crippen molar-refractivity contribution in [2.45, 2.75) is 13.0 Å². The summed E-state index contributed by atoms with van der Waals surface area (Å²) in [7, 11) is 1.60. The van der Waals surface area contributed by atoms with Gasteiger partial charge in [0.25, 0.3) is 0 Å². The van der Waals surface area contributed by atoms with E-state index in [2.05, 4.69) is 17.4 Å². The summed E-state index contributed by atoms with van der Waals surface area (Å²) in [5.74, 6) is 1.15. The molecule has 0 saturated carbocycles. The number of para-hydroxylation sites is 1. The topological polar surface area (TPSA) is 30.5 Å². The van der Waals surface area contributed by atoms with Gasteiger partial charge in [-0.1, -0.05) is 77.9 Å². The van der Waals surface area contributed by atoms with Crippen LogP contribution < -0.4 is 14.8 Å². The maximum Gasteiger partial charge on any atom is 0.171 e. The second-order valence-electron chi connectivity index (χ2n) is 6.32. The smallest absolute Gasteiger partial charge is 0.171 e. The molecule has 0 unspecified atom stereocenters. The first-order chi connectivity index (χ1) is 14.1. The van der Waals surface area contributed by atoms with Crippen molar-refractivity contribution in [2.24, 2.45) is 0 Å². The second kappa shape index (κ2) is 10.5. The molecule has 0 heterocycles. The summed E-state index contributed by atoms with van der Waals surface area (Å²) in [6.07, 6.45) is 0.871. The van der Waals surface area contributed by atoms with Crippen molar-refractivity contribution >= 4 is 40.4 Å². The summed E-state index contributed by atoms with van der Waals surface area (Å²) in [6.45, 7) is 0.925. The summed E-state index contributed by atoms with van der Waals surface area (Å²) in [5.41, 5.74) is 2.73. The van der Waals surface area contributed by atoms with E-state index in [4.69, 9.17) is 44.9 Å². The predicted octanol–water partition coefficient (Wildman–Crippen LogP) is 6.09. The molecule has 3 nitrogen and oxygen atoms in total. The first kappa shape index (κ1) is 21.4. The number of rotatable bonds is 8. The number of nitrogens with one attached hydrogen (secondary N) is 1. The summed E-state index contributed by atoms with van der Waals surface area (Å²) >= 11 is 18.1. The van der Waals surface area contributed by atoms with Crippen LogP contribution in [0.3, 0.4) is 0 Å². The highest BCUT2D eigenvalue weighted by atomic mass is 35.5. The van der Waals surface area contributed by atoms with Crippen LogP contribution in [0.5, 0.6) is 11.5 Å². The van der Waals surface area contributed by atoms with E-state index < -0.39 is 0 Å². The normalized spacial score (nSPS) is 10.4. The SMILES string of the molecule is COc1cccc(C(=S)NCCc2ccccc2)c1OCc1c(Cl)cccc1Cl. The summed E-state index contributed by atoms with van der Waals surface area (Å²) in [6, 6.07) is 21.2. The molecule has 0 aliphatic heterocycles. The number of hydrogen-bond donors (Lipinski definition) is 1. The third-order valence-corrected chi connectivity index (χ3v) is 5.48. The number of ether oxygens (including phenoxy) is 2. The van der Waals surface area contributed by atoms with Gasteiger partial charge in [-0.2, -0.15) is 0 Å². The number of methoxy groups -OCH3 is 1. The first-order valence-electron chi connectivity index (χ1n) is 9.15. The Bertz CT molecular complexity index is 960. The van der Waals surface area contributed by atoms with Crippen molar-refractivity contribution in [3.05, 3.63) is 93.5 Å². The maximum absolute atomic E-state index is 6.26. The van der Waals surface area contributed by atoms with Gasteiger partial charge in [0.1, 0.15) is 11.6 Å². The zero-order valence-corrected chi connectivity index (χ0v) is 18.3. The molecule has 3 aromatic rings. The van der Waals surface area contributed by atoms with E-state index in [-0.39, 0.29) is 6.61 Å². The van der Waals surface area contributed by atoms with E-state index in [1.807, 2.05) is 36.4 Å². The Hall–Kier alpha value is -2.27. The highest BCUT2D eigenvalue weighted by Gasteiger charge is 2.16. The Morgan fingerprint density at radius 1 is 0.931 bits per heavy atom. The van der Waals surface area contributed by atoms with Gasteiger partial charge in [0, 0.05) is 22.2 Å². The third kappa shape index (κ3) is 5.63. The van der Waals surface area contributed by atoms with E-state index in [1.165, 1.54) is 5.56 Å². The van der Waals surface area contributed by atoms with Crippen LogP contribution in [-0.2, 0) is 13.0 Å². The average Bonchev–Trinajstić information content (AvgIpc) is 2.74. The van der Waals surface area contributed by atoms with Crippen molar-refractivity contribution in [1.82, 2.24) is 5.32 Å². The minimum atomic E-state index is 0.207. The van der Waals surface area contributed by atoms with Gasteiger partial charge in [-0.15, -0.1) is 0 Å².